The molecule has 4 heteroatoms. The molecule has 0 saturated heterocycles. The van der Waals surface area contributed by atoms with Crippen LogP contribution in [0.25, 0.3) is 0 Å². The van der Waals surface area contributed by atoms with E-state index in [9.17, 15) is 5.11 Å². The highest BCUT2D eigenvalue weighted by atomic mass is 32.1. The molecule has 2 aromatic rings. The quantitative estimate of drug-likeness (QED) is 0.888. The Hall–Kier alpha value is -1.23. The molecule has 1 aliphatic rings. The molecule has 1 fully saturated rings. The molecule has 3 nitrogen and oxygen atoms in total. The van der Waals surface area contributed by atoms with Crippen LogP contribution in [0.1, 0.15) is 36.1 Å². The van der Waals surface area contributed by atoms with Gasteiger partial charge in [-0.1, -0.05) is 43.2 Å². The second-order valence-corrected chi connectivity index (χ2v) is 7.00. The molecule has 1 aromatic carbocycles. The van der Waals surface area contributed by atoms with Crippen LogP contribution in [0.2, 0.25) is 0 Å². The lowest BCUT2D eigenvalue weighted by Gasteiger charge is -2.31. The molecule has 112 valence electrons. The van der Waals surface area contributed by atoms with Crippen LogP contribution in [0, 0.1) is 0 Å². The Labute approximate surface area is 130 Å². The Morgan fingerprint density at radius 3 is 2.57 bits per heavy atom. The highest BCUT2D eigenvalue weighted by molar-refractivity contribution is 7.09. The van der Waals surface area contributed by atoms with E-state index in [1.54, 1.807) is 11.3 Å². The third kappa shape index (κ3) is 4.13. The van der Waals surface area contributed by atoms with E-state index in [1.165, 1.54) is 10.4 Å². The van der Waals surface area contributed by atoms with Crippen LogP contribution in [0.15, 0.2) is 42.0 Å². The van der Waals surface area contributed by atoms with Crippen molar-refractivity contribution in [2.75, 3.05) is 6.54 Å². The average molecular weight is 302 g/mol. The van der Waals surface area contributed by atoms with Gasteiger partial charge in [0, 0.05) is 30.7 Å². The monoisotopic (exact) mass is 302 g/mol. The van der Waals surface area contributed by atoms with Crippen molar-refractivity contribution >= 4 is 11.3 Å². The molecule has 0 spiro atoms. The van der Waals surface area contributed by atoms with Crippen molar-refractivity contribution in [2.45, 2.75) is 44.4 Å². The molecule has 0 atom stereocenters. The van der Waals surface area contributed by atoms with Gasteiger partial charge in [-0.05, 0) is 18.4 Å². The van der Waals surface area contributed by atoms with Gasteiger partial charge < -0.3 is 5.11 Å². The Bertz CT molecular complexity index is 535. The fraction of sp³-hybridized carbons (Fsp3) is 0.471. The molecule has 0 unspecified atom stereocenters. The van der Waals surface area contributed by atoms with E-state index in [2.05, 4.69) is 34.1 Å². The standard InChI is InChI=1S/C17H22N2OS/c20-17(8-4-5-9-17)13-19(12-16-10-18-14-21-16)11-15-6-2-1-3-7-15/h1-3,6-7,10,14,20H,4-5,8-9,11-13H2. The van der Waals surface area contributed by atoms with E-state index in [1.807, 2.05) is 17.8 Å². The number of thiazole rings is 1. The van der Waals surface area contributed by atoms with E-state index in [0.717, 1.165) is 45.3 Å². The summed E-state index contributed by atoms with van der Waals surface area (Å²) in [6, 6.07) is 10.5. The molecule has 21 heavy (non-hydrogen) atoms. The molecule has 0 amide bonds. The van der Waals surface area contributed by atoms with Crippen molar-refractivity contribution in [1.82, 2.24) is 9.88 Å². The highest BCUT2D eigenvalue weighted by Gasteiger charge is 2.33. The largest absolute Gasteiger partial charge is 0.389 e. The molecule has 0 bridgehead atoms. The van der Waals surface area contributed by atoms with Gasteiger partial charge >= 0.3 is 0 Å². The lowest BCUT2D eigenvalue weighted by Crippen LogP contribution is -2.40. The van der Waals surface area contributed by atoms with Crippen LogP contribution < -0.4 is 0 Å². The fourth-order valence-electron chi connectivity index (χ4n) is 3.16. The Kier molecular flexibility index (Phi) is 4.68. The maximum Gasteiger partial charge on any atom is 0.0794 e. The minimum absolute atomic E-state index is 0.501. The predicted molar refractivity (Wildman–Crippen MR) is 86.1 cm³/mol. The first-order chi connectivity index (χ1) is 10.2. The SMILES string of the molecule is OC1(CN(Cc2ccccc2)Cc2cncs2)CCCC1. The summed E-state index contributed by atoms with van der Waals surface area (Å²) in [4.78, 5) is 7.77. The maximum absolute atomic E-state index is 10.7. The molecule has 0 aliphatic heterocycles. The number of hydrogen-bond acceptors (Lipinski definition) is 4. The summed E-state index contributed by atoms with van der Waals surface area (Å²) in [5.74, 6) is 0. The van der Waals surface area contributed by atoms with Gasteiger partial charge in [-0.3, -0.25) is 9.88 Å². The Morgan fingerprint density at radius 2 is 1.90 bits per heavy atom. The first-order valence-corrected chi connectivity index (χ1v) is 8.48. The normalized spacial score (nSPS) is 17.4. The molecular formula is C17H22N2OS. The third-order valence-corrected chi connectivity index (χ3v) is 4.93. The molecule has 3 rings (SSSR count). The van der Waals surface area contributed by atoms with Gasteiger partial charge in [-0.25, -0.2) is 0 Å². The van der Waals surface area contributed by atoms with Gasteiger partial charge in [0.1, 0.15) is 0 Å². The molecule has 1 N–H and O–H groups in total. The predicted octanol–water partition coefficient (Wildman–Crippen LogP) is 3.45. The summed E-state index contributed by atoms with van der Waals surface area (Å²) >= 11 is 1.68. The third-order valence-electron chi connectivity index (χ3n) is 4.16. The highest BCUT2D eigenvalue weighted by Crippen LogP contribution is 2.31. The number of aromatic nitrogens is 1. The van der Waals surface area contributed by atoms with Crippen molar-refractivity contribution in [2.24, 2.45) is 0 Å². The first kappa shape index (κ1) is 14.7. The lowest BCUT2D eigenvalue weighted by atomic mass is 10.0. The molecule has 1 aliphatic carbocycles. The second kappa shape index (κ2) is 6.69. The number of benzene rings is 1. The summed E-state index contributed by atoms with van der Waals surface area (Å²) < 4.78 is 0. The van der Waals surface area contributed by atoms with E-state index < -0.39 is 5.60 Å². The molecule has 1 aromatic heterocycles. The minimum atomic E-state index is -0.501. The van der Waals surface area contributed by atoms with Crippen LogP contribution in [0.4, 0.5) is 0 Å². The summed E-state index contributed by atoms with van der Waals surface area (Å²) in [5, 5.41) is 10.7. The van der Waals surface area contributed by atoms with E-state index in [4.69, 9.17) is 0 Å². The van der Waals surface area contributed by atoms with Crippen molar-refractivity contribution in [3.8, 4) is 0 Å². The van der Waals surface area contributed by atoms with Crippen molar-refractivity contribution in [3.05, 3.63) is 52.5 Å². The summed E-state index contributed by atoms with van der Waals surface area (Å²) in [7, 11) is 0. The van der Waals surface area contributed by atoms with Crippen LogP contribution >= 0.6 is 11.3 Å². The zero-order valence-electron chi connectivity index (χ0n) is 12.2. The van der Waals surface area contributed by atoms with Gasteiger partial charge in [-0.2, -0.15) is 0 Å². The van der Waals surface area contributed by atoms with Crippen LogP contribution in [-0.4, -0.2) is 27.1 Å². The Balaban J connectivity index is 1.70. The van der Waals surface area contributed by atoms with Crippen molar-refractivity contribution < 1.29 is 5.11 Å². The van der Waals surface area contributed by atoms with Crippen molar-refractivity contribution in [3.63, 3.8) is 0 Å². The maximum atomic E-state index is 10.7. The molecule has 0 radical (unpaired) electrons. The van der Waals surface area contributed by atoms with E-state index in [0.29, 0.717) is 0 Å². The second-order valence-electron chi connectivity index (χ2n) is 6.03. The number of aliphatic hydroxyl groups is 1. The van der Waals surface area contributed by atoms with Gasteiger partial charge in [0.25, 0.3) is 0 Å². The van der Waals surface area contributed by atoms with Crippen LogP contribution in [0.5, 0.6) is 0 Å². The first-order valence-electron chi connectivity index (χ1n) is 7.60. The smallest absolute Gasteiger partial charge is 0.0794 e. The molecular weight excluding hydrogens is 280 g/mol. The lowest BCUT2D eigenvalue weighted by molar-refractivity contribution is 0.00478. The summed E-state index contributed by atoms with van der Waals surface area (Å²) in [6.07, 6.45) is 6.09. The van der Waals surface area contributed by atoms with E-state index in [-0.39, 0.29) is 0 Å². The van der Waals surface area contributed by atoms with Gasteiger partial charge in [0.2, 0.25) is 0 Å². The van der Waals surface area contributed by atoms with Gasteiger partial charge in [0.15, 0.2) is 0 Å². The fourth-order valence-corrected chi connectivity index (χ4v) is 3.79. The van der Waals surface area contributed by atoms with E-state index >= 15 is 0 Å². The molecule has 1 saturated carbocycles. The summed E-state index contributed by atoms with van der Waals surface area (Å²) in [6.45, 7) is 2.49. The minimum Gasteiger partial charge on any atom is -0.389 e. The number of nitrogens with zero attached hydrogens (tertiary/aromatic N) is 2. The van der Waals surface area contributed by atoms with Crippen molar-refractivity contribution in [1.29, 1.82) is 0 Å². The average Bonchev–Trinajstić information content (AvgIpc) is 3.12. The zero-order valence-corrected chi connectivity index (χ0v) is 13.1. The number of hydrogen-bond donors (Lipinski definition) is 1. The van der Waals surface area contributed by atoms with Crippen LogP contribution in [-0.2, 0) is 13.1 Å². The van der Waals surface area contributed by atoms with Crippen LogP contribution in [0.3, 0.4) is 0 Å². The Morgan fingerprint density at radius 1 is 1.14 bits per heavy atom. The van der Waals surface area contributed by atoms with Gasteiger partial charge in [0.05, 0.1) is 11.1 Å². The van der Waals surface area contributed by atoms with Gasteiger partial charge in [-0.15, -0.1) is 11.3 Å². The zero-order chi connectivity index (χ0) is 14.5. The summed E-state index contributed by atoms with van der Waals surface area (Å²) in [5.41, 5.74) is 2.67. The number of rotatable bonds is 6. The molecule has 1 heterocycles. The topological polar surface area (TPSA) is 36.4 Å².